The van der Waals surface area contributed by atoms with Crippen LogP contribution in [0.25, 0.3) is 0 Å². The zero-order valence-corrected chi connectivity index (χ0v) is 10.7. The predicted molar refractivity (Wildman–Crippen MR) is 69.5 cm³/mol. The summed E-state index contributed by atoms with van der Waals surface area (Å²) in [5.74, 6) is 5.36. The SMILES string of the molecule is CCCCOCc1ccc(F)cc1C#CCCO. The lowest BCUT2D eigenvalue weighted by atomic mass is 10.1. The van der Waals surface area contributed by atoms with Crippen LogP contribution in [0.2, 0.25) is 0 Å². The van der Waals surface area contributed by atoms with Gasteiger partial charge in [0.1, 0.15) is 5.82 Å². The molecule has 1 aromatic carbocycles. The molecular formula is C15H19FO2. The second-order valence-electron chi connectivity index (χ2n) is 3.98. The van der Waals surface area contributed by atoms with Crippen molar-refractivity contribution in [1.82, 2.24) is 0 Å². The Kier molecular flexibility index (Phi) is 7.09. The molecule has 0 saturated carbocycles. The van der Waals surface area contributed by atoms with Crippen LogP contribution < -0.4 is 0 Å². The van der Waals surface area contributed by atoms with Crippen LogP contribution >= 0.6 is 0 Å². The van der Waals surface area contributed by atoms with Gasteiger partial charge in [0, 0.05) is 18.6 Å². The standard InChI is InChI=1S/C15H19FO2/c1-2-3-10-18-12-14-7-8-15(16)11-13(14)6-4-5-9-17/h7-8,11,17H,2-3,5,9-10,12H2,1H3. The fraction of sp³-hybridized carbons (Fsp3) is 0.467. The Bertz CT molecular complexity index is 418. The third-order valence-corrected chi connectivity index (χ3v) is 2.43. The number of benzene rings is 1. The van der Waals surface area contributed by atoms with E-state index in [2.05, 4.69) is 18.8 Å². The minimum atomic E-state index is -0.305. The summed E-state index contributed by atoms with van der Waals surface area (Å²) in [5.41, 5.74) is 1.53. The molecule has 1 aromatic rings. The smallest absolute Gasteiger partial charge is 0.124 e. The summed E-state index contributed by atoms with van der Waals surface area (Å²) < 4.78 is 18.6. The van der Waals surface area contributed by atoms with Gasteiger partial charge in [0.05, 0.1) is 13.2 Å². The Morgan fingerprint density at radius 2 is 2.22 bits per heavy atom. The summed E-state index contributed by atoms with van der Waals surface area (Å²) >= 11 is 0. The molecule has 0 bridgehead atoms. The lowest BCUT2D eigenvalue weighted by Crippen LogP contribution is -1.98. The lowest BCUT2D eigenvalue weighted by Gasteiger charge is -2.06. The van der Waals surface area contributed by atoms with Crippen LogP contribution in [0, 0.1) is 17.7 Å². The van der Waals surface area contributed by atoms with Gasteiger partial charge in [-0.25, -0.2) is 4.39 Å². The van der Waals surface area contributed by atoms with Crippen LogP contribution in [0.4, 0.5) is 4.39 Å². The maximum atomic E-state index is 13.1. The summed E-state index contributed by atoms with van der Waals surface area (Å²) in [6.45, 7) is 3.28. The summed E-state index contributed by atoms with van der Waals surface area (Å²) in [4.78, 5) is 0. The Hall–Kier alpha value is -1.37. The number of aliphatic hydroxyl groups is 1. The second-order valence-corrected chi connectivity index (χ2v) is 3.98. The molecule has 0 aromatic heterocycles. The Morgan fingerprint density at radius 1 is 1.39 bits per heavy atom. The van der Waals surface area contributed by atoms with Crippen molar-refractivity contribution in [1.29, 1.82) is 0 Å². The first-order valence-corrected chi connectivity index (χ1v) is 6.23. The average molecular weight is 250 g/mol. The van der Waals surface area contributed by atoms with Crippen LogP contribution in [0.15, 0.2) is 18.2 Å². The molecule has 1 rings (SSSR count). The molecule has 0 unspecified atom stereocenters. The number of rotatable bonds is 6. The largest absolute Gasteiger partial charge is 0.395 e. The molecule has 2 nitrogen and oxygen atoms in total. The maximum absolute atomic E-state index is 13.1. The number of ether oxygens (including phenoxy) is 1. The van der Waals surface area contributed by atoms with Crippen molar-refractivity contribution in [3.8, 4) is 11.8 Å². The van der Waals surface area contributed by atoms with E-state index < -0.39 is 0 Å². The van der Waals surface area contributed by atoms with Crippen molar-refractivity contribution >= 4 is 0 Å². The first-order chi connectivity index (χ1) is 8.77. The van der Waals surface area contributed by atoms with Gasteiger partial charge in [-0.05, 0) is 24.1 Å². The molecule has 0 aliphatic carbocycles. The van der Waals surface area contributed by atoms with Crippen molar-refractivity contribution in [2.45, 2.75) is 32.8 Å². The van der Waals surface area contributed by atoms with Gasteiger partial charge in [-0.1, -0.05) is 31.3 Å². The molecular weight excluding hydrogens is 231 g/mol. The van der Waals surface area contributed by atoms with Crippen molar-refractivity contribution in [2.75, 3.05) is 13.2 Å². The maximum Gasteiger partial charge on any atom is 0.124 e. The normalized spacial score (nSPS) is 9.94. The molecule has 0 fully saturated rings. The molecule has 0 aliphatic heterocycles. The first kappa shape index (κ1) is 14.7. The second kappa shape index (κ2) is 8.68. The molecule has 3 heteroatoms. The Morgan fingerprint density at radius 3 is 2.94 bits per heavy atom. The summed E-state index contributed by atoms with van der Waals surface area (Å²) in [6.07, 6.45) is 2.51. The molecule has 1 N–H and O–H groups in total. The zero-order chi connectivity index (χ0) is 13.2. The minimum absolute atomic E-state index is 0.0185. The number of aliphatic hydroxyl groups excluding tert-OH is 1. The molecule has 0 radical (unpaired) electrons. The third-order valence-electron chi connectivity index (χ3n) is 2.43. The number of unbranched alkanes of at least 4 members (excludes halogenated alkanes) is 1. The van der Waals surface area contributed by atoms with E-state index in [4.69, 9.17) is 9.84 Å². The van der Waals surface area contributed by atoms with E-state index in [1.54, 1.807) is 6.07 Å². The molecule has 0 spiro atoms. The van der Waals surface area contributed by atoms with Gasteiger partial charge in [-0.15, -0.1) is 0 Å². The topological polar surface area (TPSA) is 29.5 Å². The highest BCUT2D eigenvalue weighted by Gasteiger charge is 2.02. The summed E-state index contributed by atoms with van der Waals surface area (Å²) in [5, 5.41) is 8.67. The van der Waals surface area contributed by atoms with E-state index in [0.717, 1.165) is 18.4 Å². The molecule has 0 atom stereocenters. The van der Waals surface area contributed by atoms with Crippen LogP contribution in [-0.4, -0.2) is 18.3 Å². The minimum Gasteiger partial charge on any atom is -0.395 e. The van der Waals surface area contributed by atoms with Gasteiger partial charge >= 0.3 is 0 Å². The lowest BCUT2D eigenvalue weighted by molar-refractivity contribution is 0.118. The van der Waals surface area contributed by atoms with Crippen molar-refractivity contribution in [3.05, 3.63) is 35.1 Å². The Balaban J connectivity index is 2.68. The zero-order valence-electron chi connectivity index (χ0n) is 10.7. The van der Waals surface area contributed by atoms with E-state index in [-0.39, 0.29) is 12.4 Å². The average Bonchev–Trinajstić information content (AvgIpc) is 2.37. The van der Waals surface area contributed by atoms with Crippen molar-refractivity contribution in [2.24, 2.45) is 0 Å². The van der Waals surface area contributed by atoms with E-state index in [9.17, 15) is 4.39 Å². The summed E-state index contributed by atoms with van der Waals surface area (Å²) in [7, 11) is 0. The van der Waals surface area contributed by atoms with Crippen LogP contribution in [-0.2, 0) is 11.3 Å². The fourth-order valence-electron chi connectivity index (χ4n) is 1.43. The molecule has 98 valence electrons. The highest BCUT2D eigenvalue weighted by atomic mass is 19.1. The van der Waals surface area contributed by atoms with Crippen LogP contribution in [0.3, 0.4) is 0 Å². The highest BCUT2D eigenvalue weighted by molar-refractivity contribution is 5.41. The van der Waals surface area contributed by atoms with Crippen LogP contribution in [0.5, 0.6) is 0 Å². The first-order valence-electron chi connectivity index (χ1n) is 6.23. The quantitative estimate of drug-likeness (QED) is 0.621. The van der Waals surface area contributed by atoms with E-state index in [1.807, 2.05) is 0 Å². The molecule has 0 amide bonds. The van der Waals surface area contributed by atoms with E-state index in [0.29, 0.717) is 25.2 Å². The fourth-order valence-corrected chi connectivity index (χ4v) is 1.43. The molecule has 0 heterocycles. The van der Waals surface area contributed by atoms with Gasteiger partial charge in [-0.3, -0.25) is 0 Å². The predicted octanol–water partition coefficient (Wildman–Crippen LogP) is 2.88. The van der Waals surface area contributed by atoms with E-state index >= 15 is 0 Å². The van der Waals surface area contributed by atoms with Crippen molar-refractivity contribution in [3.63, 3.8) is 0 Å². The molecule has 0 saturated heterocycles. The monoisotopic (exact) mass is 250 g/mol. The number of hydrogen-bond acceptors (Lipinski definition) is 2. The number of halogens is 1. The highest BCUT2D eigenvalue weighted by Crippen LogP contribution is 2.12. The van der Waals surface area contributed by atoms with Gasteiger partial charge in [-0.2, -0.15) is 0 Å². The van der Waals surface area contributed by atoms with E-state index in [1.165, 1.54) is 12.1 Å². The third kappa shape index (κ3) is 5.31. The van der Waals surface area contributed by atoms with Crippen LogP contribution in [0.1, 0.15) is 37.3 Å². The van der Waals surface area contributed by atoms with Gasteiger partial charge in [0.15, 0.2) is 0 Å². The summed E-state index contributed by atoms with van der Waals surface area (Å²) in [6, 6.07) is 4.52. The van der Waals surface area contributed by atoms with Gasteiger partial charge in [0.25, 0.3) is 0 Å². The van der Waals surface area contributed by atoms with Gasteiger partial charge in [0.2, 0.25) is 0 Å². The molecule has 18 heavy (non-hydrogen) atoms. The Labute approximate surface area is 108 Å². The van der Waals surface area contributed by atoms with Crippen molar-refractivity contribution < 1.29 is 14.2 Å². The molecule has 0 aliphatic rings. The van der Waals surface area contributed by atoms with Gasteiger partial charge < -0.3 is 9.84 Å². The number of hydrogen-bond donors (Lipinski definition) is 1.